The molecule has 2 atom stereocenters. The van der Waals surface area contributed by atoms with Gasteiger partial charge in [-0.3, -0.25) is 4.79 Å². The lowest BCUT2D eigenvalue weighted by atomic mass is 9.94. The Hall–Kier alpha value is -2.13. The van der Waals surface area contributed by atoms with Crippen LogP contribution in [0, 0.1) is 26.7 Å². The first-order valence-electron chi connectivity index (χ1n) is 7.59. The van der Waals surface area contributed by atoms with E-state index in [9.17, 15) is 4.79 Å². The minimum atomic E-state index is -0.313. The van der Waals surface area contributed by atoms with E-state index in [1.54, 1.807) is 0 Å². The van der Waals surface area contributed by atoms with Gasteiger partial charge < -0.3 is 11.1 Å². The number of nitrogens with one attached hydrogen (secondary N) is 1. The predicted octanol–water partition coefficient (Wildman–Crippen LogP) is 3.89. The molecule has 0 heterocycles. The fourth-order valence-corrected chi connectivity index (χ4v) is 2.74. The molecule has 0 aromatic heterocycles. The summed E-state index contributed by atoms with van der Waals surface area (Å²) in [6, 6.07) is 13.6. The van der Waals surface area contributed by atoms with Gasteiger partial charge in [0, 0.05) is 11.7 Å². The maximum Gasteiger partial charge on any atom is 0.229 e. The van der Waals surface area contributed by atoms with Crippen molar-refractivity contribution in [2.24, 2.45) is 11.7 Å². The number of carbonyl (C=O) groups excluding carboxylic acids is 1. The standard InChI is InChI=1S/C19H24N2O/c1-12-10-13(2)18(14(3)11-12)21-19(22)15(4)17(20)16-8-6-5-7-9-16/h5-11,15,17H,20H2,1-4H3,(H,21,22). The fraction of sp³-hybridized carbons (Fsp3) is 0.316. The zero-order valence-corrected chi connectivity index (χ0v) is 13.7. The number of nitrogens with two attached hydrogens (primary N) is 1. The molecule has 0 saturated heterocycles. The monoisotopic (exact) mass is 296 g/mol. The van der Waals surface area contributed by atoms with Crippen molar-refractivity contribution < 1.29 is 4.79 Å². The van der Waals surface area contributed by atoms with Crippen molar-refractivity contribution in [1.29, 1.82) is 0 Å². The summed E-state index contributed by atoms with van der Waals surface area (Å²) in [5, 5.41) is 3.04. The maximum atomic E-state index is 12.5. The lowest BCUT2D eigenvalue weighted by molar-refractivity contribution is -0.120. The highest BCUT2D eigenvalue weighted by molar-refractivity contribution is 5.94. The fourth-order valence-electron chi connectivity index (χ4n) is 2.74. The average molecular weight is 296 g/mol. The van der Waals surface area contributed by atoms with E-state index in [-0.39, 0.29) is 17.9 Å². The number of carbonyl (C=O) groups is 1. The molecule has 0 saturated carbocycles. The molecule has 3 nitrogen and oxygen atoms in total. The molecule has 0 aliphatic rings. The van der Waals surface area contributed by atoms with Crippen molar-refractivity contribution >= 4 is 11.6 Å². The van der Waals surface area contributed by atoms with Crippen molar-refractivity contribution in [3.8, 4) is 0 Å². The van der Waals surface area contributed by atoms with Crippen molar-refractivity contribution in [2.75, 3.05) is 5.32 Å². The predicted molar refractivity (Wildman–Crippen MR) is 91.8 cm³/mol. The third-order valence-electron chi connectivity index (χ3n) is 4.06. The Morgan fingerprint density at radius 1 is 1.05 bits per heavy atom. The second-order valence-corrected chi connectivity index (χ2v) is 5.99. The van der Waals surface area contributed by atoms with Crippen LogP contribution in [-0.4, -0.2) is 5.91 Å². The van der Waals surface area contributed by atoms with Crippen LogP contribution >= 0.6 is 0 Å². The summed E-state index contributed by atoms with van der Waals surface area (Å²) in [5.74, 6) is -0.353. The van der Waals surface area contributed by atoms with Crippen LogP contribution in [0.4, 0.5) is 5.69 Å². The highest BCUT2D eigenvalue weighted by Gasteiger charge is 2.23. The summed E-state index contributed by atoms with van der Waals surface area (Å²) >= 11 is 0. The van der Waals surface area contributed by atoms with Gasteiger partial charge >= 0.3 is 0 Å². The molecule has 0 aliphatic heterocycles. The Morgan fingerprint density at radius 2 is 1.59 bits per heavy atom. The Labute approximate surface area is 132 Å². The number of anilines is 1. The highest BCUT2D eigenvalue weighted by Crippen LogP contribution is 2.25. The summed E-state index contributed by atoms with van der Waals surface area (Å²) in [6.45, 7) is 7.94. The van der Waals surface area contributed by atoms with Crippen LogP contribution in [0.2, 0.25) is 0 Å². The second kappa shape index (κ2) is 6.75. The third-order valence-corrected chi connectivity index (χ3v) is 4.06. The molecule has 0 fully saturated rings. The van der Waals surface area contributed by atoms with Gasteiger partial charge in [-0.05, 0) is 37.5 Å². The van der Waals surface area contributed by atoms with Crippen LogP contribution in [0.25, 0.3) is 0 Å². The second-order valence-electron chi connectivity index (χ2n) is 5.99. The molecule has 1 amide bonds. The Bertz CT molecular complexity index is 641. The zero-order chi connectivity index (χ0) is 16.3. The third kappa shape index (κ3) is 3.55. The van der Waals surface area contributed by atoms with E-state index < -0.39 is 0 Å². The van der Waals surface area contributed by atoms with E-state index in [4.69, 9.17) is 5.73 Å². The van der Waals surface area contributed by atoms with Gasteiger partial charge in [0.05, 0.1) is 5.92 Å². The van der Waals surface area contributed by atoms with E-state index in [0.717, 1.165) is 22.4 Å². The van der Waals surface area contributed by atoms with Crippen LogP contribution in [0.3, 0.4) is 0 Å². The van der Waals surface area contributed by atoms with Crippen molar-refractivity contribution in [2.45, 2.75) is 33.7 Å². The van der Waals surface area contributed by atoms with Gasteiger partial charge in [-0.15, -0.1) is 0 Å². The number of hydrogen-bond donors (Lipinski definition) is 2. The van der Waals surface area contributed by atoms with Gasteiger partial charge in [-0.25, -0.2) is 0 Å². The van der Waals surface area contributed by atoms with Crippen molar-refractivity contribution in [3.05, 3.63) is 64.7 Å². The number of amides is 1. The lowest BCUT2D eigenvalue weighted by Crippen LogP contribution is -2.31. The molecule has 3 heteroatoms. The summed E-state index contributed by atoms with van der Waals surface area (Å²) in [7, 11) is 0. The first-order valence-corrected chi connectivity index (χ1v) is 7.59. The van der Waals surface area contributed by atoms with Crippen molar-refractivity contribution in [3.63, 3.8) is 0 Å². The minimum Gasteiger partial charge on any atom is -0.325 e. The van der Waals surface area contributed by atoms with Gasteiger partial charge in [0.1, 0.15) is 0 Å². The number of benzene rings is 2. The molecule has 0 aliphatic carbocycles. The van der Waals surface area contributed by atoms with Crippen LogP contribution in [0.5, 0.6) is 0 Å². The SMILES string of the molecule is Cc1cc(C)c(NC(=O)C(C)C(N)c2ccccc2)c(C)c1. The van der Waals surface area contributed by atoms with E-state index in [2.05, 4.69) is 24.4 Å². The molecule has 0 spiro atoms. The van der Waals surface area contributed by atoms with Crippen molar-refractivity contribution in [1.82, 2.24) is 0 Å². The largest absolute Gasteiger partial charge is 0.325 e. The quantitative estimate of drug-likeness (QED) is 0.899. The molecule has 2 unspecified atom stereocenters. The first kappa shape index (κ1) is 16.2. The van der Waals surface area contributed by atoms with Crippen LogP contribution in [0.15, 0.2) is 42.5 Å². The average Bonchev–Trinajstić information content (AvgIpc) is 2.50. The topological polar surface area (TPSA) is 55.1 Å². The molecule has 2 aromatic rings. The molecule has 0 bridgehead atoms. The lowest BCUT2D eigenvalue weighted by Gasteiger charge is -2.21. The van der Waals surface area contributed by atoms with E-state index in [0.29, 0.717) is 0 Å². The molecule has 2 aromatic carbocycles. The summed E-state index contributed by atoms with van der Waals surface area (Å²) < 4.78 is 0. The van der Waals surface area contributed by atoms with Crippen LogP contribution in [-0.2, 0) is 4.79 Å². The summed E-state index contributed by atoms with van der Waals surface area (Å²) in [6.07, 6.45) is 0. The highest BCUT2D eigenvalue weighted by atomic mass is 16.1. The molecular weight excluding hydrogens is 272 g/mol. The number of hydrogen-bond acceptors (Lipinski definition) is 2. The first-order chi connectivity index (χ1) is 10.4. The Balaban J connectivity index is 2.16. The summed E-state index contributed by atoms with van der Waals surface area (Å²) in [4.78, 5) is 12.5. The van der Waals surface area contributed by atoms with Gasteiger partial charge in [0.15, 0.2) is 0 Å². The minimum absolute atomic E-state index is 0.0496. The normalized spacial score (nSPS) is 13.5. The Kier molecular flexibility index (Phi) is 4.99. The Morgan fingerprint density at radius 3 is 2.14 bits per heavy atom. The van der Waals surface area contributed by atoms with Gasteiger partial charge in [0.25, 0.3) is 0 Å². The van der Waals surface area contributed by atoms with Gasteiger partial charge in [-0.1, -0.05) is 55.0 Å². The molecular formula is C19H24N2O. The molecule has 22 heavy (non-hydrogen) atoms. The number of rotatable bonds is 4. The van der Waals surface area contributed by atoms with E-state index in [1.807, 2.05) is 51.1 Å². The van der Waals surface area contributed by atoms with Crippen LogP contribution < -0.4 is 11.1 Å². The zero-order valence-electron chi connectivity index (χ0n) is 13.7. The molecule has 0 radical (unpaired) electrons. The molecule has 3 N–H and O–H groups in total. The van der Waals surface area contributed by atoms with Crippen LogP contribution in [0.1, 0.15) is 35.2 Å². The number of aryl methyl sites for hydroxylation is 3. The summed E-state index contributed by atoms with van der Waals surface area (Å²) in [5.41, 5.74) is 11.4. The molecule has 116 valence electrons. The smallest absolute Gasteiger partial charge is 0.229 e. The molecule has 2 rings (SSSR count). The maximum absolute atomic E-state index is 12.5. The van der Waals surface area contributed by atoms with Gasteiger partial charge in [-0.2, -0.15) is 0 Å². The van der Waals surface area contributed by atoms with E-state index in [1.165, 1.54) is 5.56 Å². The van der Waals surface area contributed by atoms with E-state index >= 15 is 0 Å². The van der Waals surface area contributed by atoms with Gasteiger partial charge in [0.2, 0.25) is 5.91 Å².